The van der Waals surface area contributed by atoms with Crippen molar-refractivity contribution in [1.29, 1.82) is 0 Å². The molecule has 0 fully saturated rings. The average Bonchev–Trinajstić information content (AvgIpc) is 2.65. The maximum Gasteiger partial charge on any atom is 0.204 e. The fraction of sp³-hybridized carbons (Fsp3) is 0.429. The van der Waals surface area contributed by atoms with Crippen molar-refractivity contribution in [3.8, 4) is 0 Å². The van der Waals surface area contributed by atoms with Gasteiger partial charge in [0.05, 0.1) is 0 Å². The lowest BCUT2D eigenvalue weighted by molar-refractivity contribution is 0.495. The number of benzene rings is 2. The topological polar surface area (TPSA) is 29.1 Å². The number of rotatable bonds is 10. The Labute approximate surface area is 147 Å². The number of hydrogen-bond donors (Lipinski definition) is 1. The Morgan fingerprint density at radius 2 is 1.38 bits per heavy atom. The monoisotopic (exact) mass is 343 g/mol. The van der Waals surface area contributed by atoms with E-state index < -0.39 is 7.29 Å². The highest BCUT2D eigenvalue weighted by Crippen LogP contribution is 2.40. The SMILES string of the molecule is CCCCCC[C@@H](CC)NP(=O)(c1ccccc1)c1ccccc1. The summed E-state index contributed by atoms with van der Waals surface area (Å²) in [5.74, 6) is 0. The minimum Gasteiger partial charge on any atom is -0.297 e. The third-order valence-electron chi connectivity index (χ3n) is 4.50. The van der Waals surface area contributed by atoms with Crippen molar-refractivity contribution in [1.82, 2.24) is 5.09 Å². The first-order chi connectivity index (χ1) is 11.7. The van der Waals surface area contributed by atoms with E-state index in [9.17, 15) is 4.57 Å². The molecule has 0 bridgehead atoms. The number of hydrogen-bond acceptors (Lipinski definition) is 1. The van der Waals surface area contributed by atoms with Gasteiger partial charge in [-0.25, -0.2) is 0 Å². The van der Waals surface area contributed by atoms with Crippen LogP contribution >= 0.6 is 7.29 Å². The maximum absolute atomic E-state index is 14.0. The molecule has 2 aromatic rings. The summed E-state index contributed by atoms with van der Waals surface area (Å²) in [5, 5.41) is 5.33. The van der Waals surface area contributed by atoms with Crippen LogP contribution in [0.4, 0.5) is 0 Å². The number of nitrogens with one attached hydrogen (secondary N) is 1. The Morgan fingerprint density at radius 3 is 1.83 bits per heavy atom. The predicted octanol–water partition coefficient (Wildman–Crippen LogP) is 5.25. The summed E-state index contributed by atoms with van der Waals surface area (Å²) >= 11 is 0. The lowest BCUT2D eigenvalue weighted by Gasteiger charge is -2.26. The van der Waals surface area contributed by atoms with Crippen LogP contribution in [-0.2, 0) is 4.57 Å². The molecular weight excluding hydrogens is 313 g/mol. The second-order valence-electron chi connectivity index (χ2n) is 6.36. The molecule has 0 heterocycles. The molecular formula is C21H30NOP. The van der Waals surface area contributed by atoms with Crippen LogP contribution in [0, 0.1) is 0 Å². The van der Waals surface area contributed by atoms with Gasteiger partial charge in [0.1, 0.15) is 0 Å². The molecule has 0 spiro atoms. The van der Waals surface area contributed by atoms with Crippen molar-refractivity contribution in [2.24, 2.45) is 0 Å². The van der Waals surface area contributed by atoms with Crippen LogP contribution in [0.25, 0.3) is 0 Å². The van der Waals surface area contributed by atoms with E-state index in [0.717, 1.165) is 23.5 Å². The van der Waals surface area contributed by atoms with E-state index >= 15 is 0 Å². The first kappa shape index (κ1) is 19.0. The normalized spacial score (nSPS) is 12.9. The van der Waals surface area contributed by atoms with E-state index in [4.69, 9.17) is 0 Å². The van der Waals surface area contributed by atoms with Gasteiger partial charge in [0.25, 0.3) is 0 Å². The van der Waals surface area contributed by atoms with Gasteiger partial charge in [-0.1, -0.05) is 75.9 Å². The molecule has 0 radical (unpaired) electrons. The second-order valence-corrected chi connectivity index (χ2v) is 8.87. The minimum atomic E-state index is -2.80. The minimum absolute atomic E-state index is 0.285. The van der Waals surface area contributed by atoms with Crippen LogP contribution < -0.4 is 15.7 Å². The first-order valence-corrected chi connectivity index (χ1v) is 10.9. The van der Waals surface area contributed by atoms with E-state index in [1.165, 1.54) is 25.7 Å². The quantitative estimate of drug-likeness (QED) is 0.471. The summed E-state index contributed by atoms with van der Waals surface area (Å²) in [4.78, 5) is 0. The van der Waals surface area contributed by atoms with Gasteiger partial charge in [0.15, 0.2) is 0 Å². The lowest BCUT2D eigenvalue weighted by atomic mass is 10.1. The van der Waals surface area contributed by atoms with Crippen molar-refractivity contribution < 1.29 is 4.57 Å². The van der Waals surface area contributed by atoms with Crippen molar-refractivity contribution in [2.75, 3.05) is 0 Å². The lowest BCUT2D eigenvalue weighted by Crippen LogP contribution is -2.34. The van der Waals surface area contributed by atoms with Crippen LogP contribution in [0.2, 0.25) is 0 Å². The summed E-state index contributed by atoms with van der Waals surface area (Å²) < 4.78 is 14.0. The fourth-order valence-electron chi connectivity index (χ4n) is 3.01. The molecule has 0 aliphatic heterocycles. The van der Waals surface area contributed by atoms with E-state index in [-0.39, 0.29) is 6.04 Å². The molecule has 3 heteroatoms. The Morgan fingerprint density at radius 1 is 0.833 bits per heavy atom. The third-order valence-corrected chi connectivity index (χ3v) is 7.28. The summed E-state index contributed by atoms with van der Waals surface area (Å²) in [6, 6.07) is 20.0. The summed E-state index contributed by atoms with van der Waals surface area (Å²) in [5.41, 5.74) is 0. The fourth-order valence-corrected chi connectivity index (χ4v) is 5.61. The van der Waals surface area contributed by atoms with Gasteiger partial charge in [0.2, 0.25) is 7.29 Å². The van der Waals surface area contributed by atoms with Crippen LogP contribution in [0.5, 0.6) is 0 Å². The molecule has 0 unspecified atom stereocenters. The van der Waals surface area contributed by atoms with Crippen LogP contribution in [0.15, 0.2) is 60.7 Å². The van der Waals surface area contributed by atoms with E-state index in [0.29, 0.717) is 0 Å². The summed E-state index contributed by atoms with van der Waals surface area (Å²) in [6.45, 7) is 4.41. The molecule has 0 aliphatic carbocycles. The zero-order chi connectivity index (χ0) is 17.3. The van der Waals surface area contributed by atoms with Gasteiger partial charge >= 0.3 is 0 Å². The van der Waals surface area contributed by atoms with E-state index in [2.05, 4.69) is 18.9 Å². The molecule has 1 atom stereocenters. The molecule has 2 rings (SSSR count). The van der Waals surface area contributed by atoms with Crippen molar-refractivity contribution >= 4 is 17.9 Å². The van der Waals surface area contributed by atoms with Gasteiger partial charge in [0, 0.05) is 16.7 Å². The molecule has 0 aliphatic rings. The zero-order valence-corrected chi connectivity index (χ0v) is 15.8. The Balaban J connectivity index is 2.22. The molecule has 0 amide bonds. The largest absolute Gasteiger partial charge is 0.297 e. The van der Waals surface area contributed by atoms with Crippen molar-refractivity contribution in [3.05, 3.63) is 60.7 Å². The first-order valence-electron chi connectivity index (χ1n) is 9.19. The number of unbranched alkanes of at least 4 members (excludes halogenated alkanes) is 3. The van der Waals surface area contributed by atoms with E-state index in [1.54, 1.807) is 0 Å². The molecule has 24 heavy (non-hydrogen) atoms. The highest BCUT2D eigenvalue weighted by molar-refractivity contribution is 7.76. The Bertz CT molecular complexity index is 583. The maximum atomic E-state index is 14.0. The summed E-state index contributed by atoms with van der Waals surface area (Å²) in [7, 11) is -2.80. The average molecular weight is 343 g/mol. The summed E-state index contributed by atoms with van der Waals surface area (Å²) in [6.07, 6.45) is 7.07. The zero-order valence-electron chi connectivity index (χ0n) is 14.9. The van der Waals surface area contributed by atoms with Gasteiger partial charge in [-0.15, -0.1) is 0 Å². The standard InChI is InChI=1S/C21H30NOP/c1-3-5-6-9-14-19(4-2)22-24(23,20-15-10-7-11-16-20)21-17-12-8-13-18-21/h7-8,10-13,15-19H,3-6,9,14H2,1-2H3,(H,22,23)/t19-/m1/s1. The van der Waals surface area contributed by atoms with Gasteiger partial charge in [-0.3, -0.25) is 9.65 Å². The highest BCUT2D eigenvalue weighted by atomic mass is 31.2. The Hall–Kier alpha value is -1.37. The van der Waals surface area contributed by atoms with Gasteiger partial charge in [-0.05, 0) is 37.1 Å². The molecule has 2 nitrogen and oxygen atoms in total. The molecule has 0 aromatic heterocycles. The van der Waals surface area contributed by atoms with Crippen LogP contribution in [0.3, 0.4) is 0 Å². The second kappa shape index (κ2) is 9.81. The van der Waals surface area contributed by atoms with Gasteiger partial charge in [-0.2, -0.15) is 0 Å². The predicted molar refractivity (Wildman–Crippen MR) is 106 cm³/mol. The van der Waals surface area contributed by atoms with Crippen LogP contribution in [0.1, 0.15) is 52.4 Å². The van der Waals surface area contributed by atoms with Crippen molar-refractivity contribution in [3.63, 3.8) is 0 Å². The molecule has 2 aromatic carbocycles. The Kier molecular flexibility index (Phi) is 7.75. The molecule has 0 saturated carbocycles. The van der Waals surface area contributed by atoms with Crippen LogP contribution in [-0.4, -0.2) is 6.04 Å². The molecule has 1 N–H and O–H groups in total. The molecule has 130 valence electrons. The highest BCUT2D eigenvalue weighted by Gasteiger charge is 2.29. The van der Waals surface area contributed by atoms with E-state index in [1.807, 2.05) is 60.7 Å². The van der Waals surface area contributed by atoms with Crippen molar-refractivity contribution in [2.45, 2.75) is 58.4 Å². The third kappa shape index (κ3) is 5.06. The smallest absolute Gasteiger partial charge is 0.204 e. The molecule has 0 saturated heterocycles. The van der Waals surface area contributed by atoms with Gasteiger partial charge < -0.3 is 0 Å².